The SMILES string of the molecule is CSc1ccc(C2C(C(C)=O)C(=O)CC(C)(O)C2C(C)=O)cc1. The van der Waals surface area contributed by atoms with E-state index < -0.39 is 23.4 Å². The molecule has 1 aromatic rings. The Hall–Kier alpha value is -1.46. The molecule has 1 aromatic carbocycles. The van der Waals surface area contributed by atoms with Crippen LogP contribution in [0.1, 0.15) is 38.7 Å². The van der Waals surface area contributed by atoms with Crippen LogP contribution in [0, 0.1) is 11.8 Å². The Morgan fingerprint density at radius 2 is 1.74 bits per heavy atom. The van der Waals surface area contributed by atoms with Crippen molar-refractivity contribution < 1.29 is 19.5 Å². The second kappa shape index (κ2) is 6.57. The van der Waals surface area contributed by atoms with Gasteiger partial charge in [-0.25, -0.2) is 0 Å². The molecule has 4 unspecified atom stereocenters. The number of ketones is 3. The molecular formula is C18H22O4S. The number of thioether (sulfide) groups is 1. The predicted octanol–water partition coefficient (Wildman–Crippen LogP) is 2.63. The molecule has 0 amide bonds. The van der Waals surface area contributed by atoms with Gasteiger partial charge in [0.15, 0.2) is 0 Å². The first kappa shape index (κ1) is 17.9. The second-order valence-corrected chi connectivity index (χ2v) is 7.36. The number of Topliss-reactive ketones (excluding diaryl/α,β-unsaturated/α-hetero) is 3. The number of benzene rings is 1. The summed E-state index contributed by atoms with van der Waals surface area (Å²) in [7, 11) is 0. The molecule has 4 nitrogen and oxygen atoms in total. The van der Waals surface area contributed by atoms with Crippen LogP contribution < -0.4 is 0 Å². The molecule has 1 aliphatic rings. The Morgan fingerprint density at radius 3 is 2.17 bits per heavy atom. The molecule has 1 fully saturated rings. The van der Waals surface area contributed by atoms with Gasteiger partial charge in [-0.1, -0.05) is 12.1 Å². The van der Waals surface area contributed by atoms with Crippen LogP contribution in [0.25, 0.3) is 0 Å². The first-order valence-corrected chi connectivity index (χ1v) is 8.81. The summed E-state index contributed by atoms with van der Waals surface area (Å²) in [6.45, 7) is 4.30. The number of carbonyl (C=O) groups is 3. The summed E-state index contributed by atoms with van der Waals surface area (Å²) >= 11 is 1.59. The lowest BCUT2D eigenvalue weighted by atomic mass is 9.60. The van der Waals surface area contributed by atoms with Crippen LogP contribution in [0.4, 0.5) is 0 Å². The van der Waals surface area contributed by atoms with Gasteiger partial charge in [-0.3, -0.25) is 14.4 Å². The predicted molar refractivity (Wildman–Crippen MR) is 89.6 cm³/mol. The molecule has 0 radical (unpaired) electrons. The molecule has 2 rings (SSSR count). The highest BCUT2D eigenvalue weighted by Crippen LogP contribution is 2.46. The van der Waals surface area contributed by atoms with Gasteiger partial charge in [0, 0.05) is 17.2 Å². The van der Waals surface area contributed by atoms with Crippen molar-refractivity contribution in [1.82, 2.24) is 0 Å². The van der Waals surface area contributed by atoms with Crippen LogP contribution in [0.5, 0.6) is 0 Å². The summed E-state index contributed by atoms with van der Waals surface area (Å²) in [4.78, 5) is 37.8. The maximum absolute atomic E-state index is 12.4. The van der Waals surface area contributed by atoms with Crippen molar-refractivity contribution in [1.29, 1.82) is 0 Å². The summed E-state index contributed by atoms with van der Waals surface area (Å²) in [5, 5.41) is 10.7. The zero-order valence-electron chi connectivity index (χ0n) is 13.8. The fraction of sp³-hybridized carbons (Fsp3) is 0.500. The minimum absolute atomic E-state index is 0.166. The van der Waals surface area contributed by atoms with Gasteiger partial charge in [0.25, 0.3) is 0 Å². The molecule has 1 N–H and O–H groups in total. The van der Waals surface area contributed by atoms with Crippen molar-refractivity contribution in [3.05, 3.63) is 29.8 Å². The second-order valence-electron chi connectivity index (χ2n) is 6.48. The van der Waals surface area contributed by atoms with Gasteiger partial charge in [-0.05, 0) is 44.7 Å². The Morgan fingerprint density at radius 1 is 1.17 bits per heavy atom. The highest BCUT2D eigenvalue weighted by molar-refractivity contribution is 7.98. The first-order chi connectivity index (χ1) is 10.7. The summed E-state index contributed by atoms with van der Waals surface area (Å²) in [5.41, 5.74) is -0.686. The van der Waals surface area contributed by atoms with Gasteiger partial charge in [-0.2, -0.15) is 0 Å². The van der Waals surface area contributed by atoms with E-state index in [1.165, 1.54) is 20.8 Å². The lowest BCUT2D eigenvalue weighted by molar-refractivity contribution is -0.151. The van der Waals surface area contributed by atoms with E-state index in [0.717, 1.165) is 10.5 Å². The van der Waals surface area contributed by atoms with Gasteiger partial charge in [0.05, 0.1) is 17.4 Å². The third-order valence-corrected chi connectivity index (χ3v) is 5.39. The first-order valence-electron chi connectivity index (χ1n) is 7.59. The average molecular weight is 334 g/mol. The van der Waals surface area contributed by atoms with Gasteiger partial charge in [0.2, 0.25) is 0 Å². The number of aliphatic hydroxyl groups is 1. The van der Waals surface area contributed by atoms with Crippen molar-refractivity contribution in [2.24, 2.45) is 11.8 Å². The normalized spacial score (nSPS) is 31.0. The molecule has 0 heterocycles. The van der Waals surface area contributed by atoms with Crippen LogP contribution in [-0.4, -0.2) is 34.3 Å². The molecule has 124 valence electrons. The lowest BCUT2D eigenvalue weighted by Gasteiger charge is -2.44. The topological polar surface area (TPSA) is 71.4 Å². The molecule has 0 aromatic heterocycles. The van der Waals surface area contributed by atoms with Crippen LogP contribution >= 0.6 is 11.8 Å². The number of rotatable bonds is 4. The average Bonchev–Trinajstić information content (AvgIpc) is 2.44. The molecule has 4 atom stereocenters. The van der Waals surface area contributed by atoms with Gasteiger partial charge in [0.1, 0.15) is 17.3 Å². The van der Waals surface area contributed by atoms with E-state index in [0.29, 0.717) is 0 Å². The highest BCUT2D eigenvalue weighted by atomic mass is 32.2. The molecule has 0 saturated heterocycles. The molecule has 0 aliphatic heterocycles. The van der Waals surface area contributed by atoms with E-state index in [4.69, 9.17) is 0 Å². The summed E-state index contributed by atoms with van der Waals surface area (Å²) in [6.07, 6.45) is 1.79. The van der Waals surface area contributed by atoms with Gasteiger partial charge in [-0.15, -0.1) is 11.8 Å². The Kier molecular flexibility index (Phi) is 5.11. The lowest BCUT2D eigenvalue weighted by Crippen LogP contribution is -2.53. The number of hydrogen-bond donors (Lipinski definition) is 1. The largest absolute Gasteiger partial charge is 0.389 e. The van der Waals surface area contributed by atoms with Crippen molar-refractivity contribution in [3.63, 3.8) is 0 Å². The molecule has 23 heavy (non-hydrogen) atoms. The fourth-order valence-electron chi connectivity index (χ4n) is 3.73. The van der Waals surface area contributed by atoms with Gasteiger partial charge < -0.3 is 5.11 Å². The van der Waals surface area contributed by atoms with E-state index in [1.807, 2.05) is 30.5 Å². The summed E-state index contributed by atoms with van der Waals surface area (Å²) < 4.78 is 0. The van der Waals surface area contributed by atoms with E-state index in [1.54, 1.807) is 11.8 Å². The van der Waals surface area contributed by atoms with Crippen LogP contribution in [0.3, 0.4) is 0 Å². The van der Waals surface area contributed by atoms with Crippen molar-refractivity contribution in [3.8, 4) is 0 Å². The van der Waals surface area contributed by atoms with Gasteiger partial charge >= 0.3 is 0 Å². The Labute approximate surface area is 140 Å². The molecule has 5 heteroatoms. The third-order valence-electron chi connectivity index (χ3n) is 4.64. The Bertz CT molecular complexity index is 633. The maximum Gasteiger partial charge on any atom is 0.146 e. The zero-order chi connectivity index (χ0) is 17.4. The van der Waals surface area contributed by atoms with Crippen LogP contribution in [-0.2, 0) is 14.4 Å². The standard InChI is InChI=1S/C18H22O4S/c1-10(19)15-14(21)9-18(3,22)17(11(2)20)16(15)12-5-7-13(23-4)8-6-12/h5-8,15-17,22H,9H2,1-4H3. The number of carbonyl (C=O) groups excluding carboxylic acids is 3. The molecule has 0 bridgehead atoms. The molecular weight excluding hydrogens is 312 g/mol. The van der Waals surface area contributed by atoms with Crippen LogP contribution in [0.15, 0.2) is 29.2 Å². The summed E-state index contributed by atoms with van der Waals surface area (Å²) in [5.74, 6) is -3.00. The monoisotopic (exact) mass is 334 g/mol. The zero-order valence-corrected chi connectivity index (χ0v) is 14.6. The van der Waals surface area contributed by atoms with Crippen molar-refractivity contribution in [2.75, 3.05) is 6.26 Å². The fourth-order valence-corrected chi connectivity index (χ4v) is 4.14. The van der Waals surface area contributed by atoms with Crippen LogP contribution in [0.2, 0.25) is 0 Å². The smallest absolute Gasteiger partial charge is 0.146 e. The quantitative estimate of drug-likeness (QED) is 0.677. The highest BCUT2D eigenvalue weighted by Gasteiger charge is 2.53. The third kappa shape index (κ3) is 3.40. The molecule has 1 saturated carbocycles. The van der Waals surface area contributed by atoms with E-state index >= 15 is 0 Å². The minimum atomic E-state index is -1.43. The summed E-state index contributed by atoms with van der Waals surface area (Å²) in [6, 6.07) is 7.50. The van der Waals surface area contributed by atoms with E-state index in [-0.39, 0.29) is 23.8 Å². The maximum atomic E-state index is 12.4. The molecule has 0 spiro atoms. The Balaban J connectivity index is 2.58. The minimum Gasteiger partial charge on any atom is -0.389 e. The van der Waals surface area contributed by atoms with E-state index in [2.05, 4.69) is 0 Å². The van der Waals surface area contributed by atoms with Crippen molar-refractivity contribution in [2.45, 2.75) is 43.6 Å². The molecule has 1 aliphatic carbocycles. The number of hydrogen-bond acceptors (Lipinski definition) is 5. The van der Waals surface area contributed by atoms with Crippen molar-refractivity contribution >= 4 is 29.1 Å². The van der Waals surface area contributed by atoms with E-state index in [9.17, 15) is 19.5 Å².